The molecule has 23 heavy (non-hydrogen) atoms. The second-order valence-corrected chi connectivity index (χ2v) is 5.60. The third-order valence-electron chi connectivity index (χ3n) is 2.78. The summed E-state index contributed by atoms with van der Waals surface area (Å²) < 4.78 is 5.57. The van der Waals surface area contributed by atoms with E-state index in [2.05, 4.69) is 15.6 Å². The van der Waals surface area contributed by atoms with E-state index in [1.165, 1.54) is 4.90 Å². The Morgan fingerprint density at radius 2 is 2.04 bits per heavy atom. The molecule has 1 amide bonds. The Balaban J connectivity index is 2.45. The first-order valence-corrected chi connectivity index (χ1v) is 8.00. The Morgan fingerprint density at radius 1 is 1.30 bits per heavy atom. The van der Waals surface area contributed by atoms with E-state index < -0.39 is 0 Å². The van der Waals surface area contributed by atoms with Crippen LogP contribution >= 0.6 is 23.2 Å². The SMILES string of the molecule is CCNC(=NCC(=O)N(C)C)NCCOc1cccc(Cl)c1Cl. The molecule has 6 nitrogen and oxygen atoms in total. The average molecular weight is 361 g/mol. The molecular formula is C15H22Cl2N4O2. The highest BCUT2D eigenvalue weighted by Crippen LogP contribution is 2.31. The van der Waals surface area contributed by atoms with E-state index >= 15 is 0 Å². The lowest BCUT2D eigenvalue weighted by molar-refractivity contribution is -0.127. The van der Waals surface area contributed by atoms with Crippen LogP contribution in [0.4, 0.5) is 0 Å². The third kappa shape index (κ3) is 6.97. The van der Waals surface area contributed by atoms with Gasteiger partial charge in [-0.05, 0) is 19.1 Å². The van der Waals surface area contributed by atoms with Gasteiger partial charge >= 0.3 is 0 Å². The van der Waals surface area contributed by atoms with Crippen LogP contribution in [0.2, 0.25) is 10.0 Å². The van der Waals surface area contributed by atoms with Crippen LogP contribution in [-0.2, 0) is 4.79 Å². The van der Waals surface area contributed by atoms with Gasteiger partial charge < -0.3 is 20.3 Å². The van der Waals surface area contributed by atoms with Crippen molar-refractivity contribution in [2.75, 3.05) is 40.3 Å². The Kier molecular flexibility index (Phi) is 8.58. The molecule has 1 rings (SSSR count). The van der Waals surface area contributed by atoms with Crippen LogP contribution in [-0.4, -0.2) is 57.1 Å². The molecule has 0 aliphatic rings. The number of carbonyl (C=O) groups excluding carboxylic acids is 1. The number of rotatable bonds is 7. The van der Waals surface area contributed by atoms with E-state index in [9.17, 15) is 4.79 Å². The number of ether oxygens (including phenoxy) is 1. The molecule has 0 radical (unpaired) electrons. The van der Waals surface area contributed by atoms with E-state index in [0.29, 0.717) is 41.5 Å². The first kappa shape index (κ1) is 19.4. The number of hydrogen-bond donors (Lipinski definition) is 2. The Bertz CT molecular complexity index is 550. The van der Waals surface area contributed by atoms with Crippen LogP contribution in [0.5, 0.6) is 5.75 Å². The van der Waals surface area contributed by atoms with Crippen molar-refractivity contribution in [1.82, 2.24) is 15.5 Å². The van der Waals surface area contributed by atoms with Crippen LogP contribution in [0, 0.1) is 0 Å². The molecule has 0 bridgehead atoms. The molecule has 0 saturated carbocycles. The van der Waals surface area contributed by atoms with Crippen LogP contribution < -0.4 is 15.4 Å². The van der Waals surface area contributed by atoms with Crippen molar-refractivity contribution >= 4 is 35.1 Å². The highest BCUT2D eigenvalue weighted by molar-refractivity contribution is 6.42. The predicted molar refractivity (Wildman–Crippen MR) is 94.6 cm³/mol. The summed E-state index contributed by atoms with van der Waals surface area (Å²) in [7, 11) is 3.39. The van der Waals surface area contributed by atoms with Crippen LogP contribution in [0.3, 0.4) is 0 Å². The number of benzene rings is 1. The largest absolute Gasteiger partial charge is 0.490 e. The number of nitrogens with one attached hydrogen (secondary N) is 2. The molecular weight excluding hydrogens is 339 g/mol. The zero-order valence-corrected chi connectivity index (χ0v) is 15.0. The van der Waals surface area contributed by atoms with Crippen molar-refractivity contribution in [2.24, 2.45) is 4.99 Å². The zero-order chi connectivity index (χ0) is 17.2. The van der Waals surface area contributed by atoms with Gasteiger partial charge in [0.2, 0.25) is 5.91 Å². The summed E-state index contributed by atoms with van der Waals surface area (Å²) >= 11 is 12.0. The van der Waals surface area contributed by atoms with Crippen molar-refractivity contribution in [1.29, 1.82) is 0 Å². The van der Waals surface area contributed by atoms with Gasteiger partial charge in [0.1, 0.15) is 23.9 Å². The van der Waals surface area contributed by atoms with E-state index in [4.69, 9.17) is 27.9 Å². The minimum absolute atomic E-state index is 0.0656. The summed E-state index contributed by atoms with van der Waals surface area (Å²) in [4.78, 5) is 17.3. The first-order chi connectivity index (χ1) is 11.0. The minimum Gasteiger partial charge on any atom is -0.490 e. The van der Waals surface area contributed by atoms with Crippen molar-refractivity contribution in [2.45, 2.75) is 6.92 Å². The molecule has 0 atom stereocenters. The summed E-state index contributed by atoms with van der Waals surface area (Å²) in [6, 6.07) is 5.23. The summed E-state index contributed by atoms with van der Waals surface area (Å²) in [5.74, 6) is 1.03. The summed E-state index contributed by atoms with van der Waals surface area (Å²) in [5.41, 5.74) is 0. The number of nitrogens with zero attached hydrogens (tertiary/aromatic N) is 2. The molecule has 0 unspecified atom stereocenters. The van der Waals surface area contributed by atoms with E-state index in [1.54, 1.807) is 32.3 Å². The molecule has 0 heterocycles. The quantitative estimate of drug-likeness (QED) is 0.443. The number of halogens is 2. The fraction of sp³-hybridized carbons (Fsp3) is 0.467. The zero-order valence-electron chi connectivity index (χ0n) is 13.5. The number of carbonyl (C=O) groups is 1. The van der Waals surface area contributed by atoms with Crippen LogP contribution in [0.15, 0.2) is 23.2 Å². The van der Waals surface area contributed by atoms with Crippen molar-refractivity contribution in [3.8, 4) is 5.75 Å². The number of aliphatic imine (C=N–C) groups is 1. The van der Waals surface area contributed by atoms with E-state index in [1.807, 2.05) is 6.92 Å². The lowest BCUT2D eigenvalue weighted by Crippen LogP contribution is -2.40. The molecule has 0 spiro atoms. The van der Waals surface area contributed by atoms with Gasteiger partial charge in [-0.15, -0.1) is 0 Å². The molecule has 1 aromatic carbocycles. The minimum atomic E-state index is -0.0656. The van der Waals surface area contributed by atoms with Gasteiger partial charge in [-0.3, -0.25) is 4.79 Å². The van der Waals surface area contributed by atoms with E-state index in [0.717, 1.165) is 0 Å². The van der Waals surface area contributed by atoms with Gasteiger partial charge in [0.25, 0.3) is 0 Å². The van der Waals surface area contributed by atoms with Crippen molar-refractivity contribution < 1.29 is 9.53 Å². The number of guanidine groups is 1. The van der Waals surface area contributed by atoms with Crippen LogP contribution in [0.25, 0.3) is 0 Å². The van der Waals surface area contributed by atoms with Gasteiger partial charge in [-0.1, -0.05) is 29.3 Å². The molecule has 0 aromatic heterocycles. The first-order valence-electron chi connectivity index (χ1n) is 7.24. The van der Waals surface area contributed by atoms with Gasteiger partial charge in [-0.2, -0.15) is 0 Å². The molecule has 0 fully saturated rings. The maximum Gasteiger partial charge on any atom is 0.243 e. The van der Waals surface area contributed by atoms with Crippen LogP contribution in [0.1, 0.15) is 6.92 Å². The molecule has 0 aliphatic heterocycles. The Labute approximate surface area is 146 Å². The second kappa shape index (κ2) is 10.2. The standard InChI is InChI=1S/C15H22Cl2N4O2/c1-4-18-15(20-10-13(22)21(2)3)19-8-9-23-12-7-5-6-11(16)14(12)17/h5-7H,4,8-10H2,1-3H3,(H2,18,19,20). The topological polar surface area (TPSA) is 66.0 Å². The molecule has 8 heteroatoms. The molecule has 0 aliphatic carbocycles. The fourth-order valence-electron chi connectivity index (χ4n) is 1.56. The Morgan fingerprint density at radius 3 is 2.70 bits per heavy atom. The second-order valence-electron chi connectivity index (χ2n) is 4.81. The highest BCUT2D eigenvalue weighted by atomic mass is 35.5. The monoisotopic (exact) mass is 360 g/mol. The number of amides is 1. The molecule has 0 saturated heterocycles. The molecule has 128 valence electrons. The normalized spacial score (nSPS) is 11.1. The van der Waals surface area contributed by atoms with Gasteiger partial charge in [-0.25, -0.2) is 4.99 Å². The average Bonchev–Trinajstić information content (AvgIpc) is 2.52. The van der Waals surface area contributed by atoms with Crippen molar-refractivity contribution in [3.63, 3.8) is 0 Å². The molecule has 1 aromatic rings. The Hall–Kier alpha value is -1.66. The van der Waals surface area contributed by atoms with Gasteiger partial charge in [0.15, 0.2) is 5.96 Å². The lowest BCUT2D eigenvalue weighted by Gasteiger charge is -2.13. The van der Waals surface area contributed by atoms with Gasteiger partial charge in [0, 0.05) is 20.6 Å². The summed E-state index contributed by atoms with van der Waals surface area (Å²) in [6.45, 7) is 3.62. The maximum atomic E-state index is 11.5. The number of hydrogen-bond acceptors (Lipinski definition) is 3. The molecule has 2 N–H and O–H groups in total. The highest BCUT2D eigenvalue weighted by Gasteiger charge is 2.06. The summed E-state index contributed by atoms with van der Waals surface area (Å²) in [6.07, 6.45) is 0. The smallest absolute Gasteiger partial charge is 0.243 e. The predicted octanol–water partition coefficient (Wildman–Crippen LogP) is 2.02. The van der Waals surface area contributed by atoms with E-state index in [-0.39, 0.29) is 12.5 Å². The third-order valence-corrected chi connectivity index (χ3v) is 3.59. The fourth-order valence-corrected chi connectivity index (χ4v) is 1.90. The van der Waals surface area contributed by atoms with Crippen molar-refractivity contribution in [3.05, 3.63) is 28.2 Å². The lowest BCUT2D eigenvalue weighted by atomic mass is 10.3. The number of likely N-dealkylation sites (N-methyl/N-ethyl adjacent to an activating group) is 1. The maximum absolute atomic E-state index is 11.5. The summed E-state index contributed by atoms with van der Waals surface area (Å²) in [5, 5.41) is 7.00. The van der Waals surface area contributed by atoms with Gasteiger partial charge in [0.05, 0.1) is 11.6 Å².